The second-order valence-electron chi connectivity index (χ2n) is 8.20. The number of imidazole rings is 2. The highest BCUT2D eigenvalue weighted by molar-refractivity contribution is 7.89. The number of thiophene rings is 1. The van der Waals surface area contributed by atoms with E-state index in [2.05, 4.69) is 20.3 Å². The Morgan fingerprint density at radius 1 is 1.21 bits per heavy atom. The average molecular weight is 485 g/mol. The van der Waals surface area contributed by atoms with Crippen LogP contribution in [0.3, 0.4) is 0 Å². The fraction of sp³-hybridized carbons (Fsp3) is 0.318. The molecule has 1 aromatic carbocycles. The normalized spacial score (nSPS) is 15.8. The first-order chi connectivity index (χ1) is 15.8. The number of fused-ring (bicyclic) bond motifs is 1. The van der Waals surface area contributed by atoms with Crippen molar-refractivity contribution in [1.29, 1.82) is 0 Å². The van der Waals surface area contributed by atoms with Crippen molar-refractivity contribution in [2.75, 3.05) is 18.4 Å². The first kappa shape index (κ1) is 21.8. The van der Waals surface area contributed by atoms with Gasteiger partial charge in [0, 0.05) is 37.9 Å². The highest BCUT2D eigenvalue weighted by Crippen LogP contribution is 2.27. The van der Waals surface area contributed by atoms with Crippen LogP contribution in [0.4, 0.5) is 5.69 Å². The Labute approximate surface area is 195 Å². The average Bonchev–Trinajstić information content (AvgIpc) is 3.54. The maximum atomic E-state index is 12.9. The minimum Gasteiger partial charge on any atom is -0.337 e. The molecule has 0 aliphatic carbocycles. The van der Waals surface area contributed by atoms with Crippen LogP contribution in [0.5, 0.6) is 0 Å². The number of sulfonamides is 1. The maximum absolute atomic E-state index is 12.9. The monoisotopic (exact) mass is 484 g/mol. The Balaban J connectivity index is 1.23. The Morgan fingerprint density at radius 3 is 2.67 bits per heavy atom. The van der Waals surface area contributed by atoms with E-state index in [0.717, 1.165) is 21.7 Å². The van der Waals surface area contributed by atoms with Crippen LogP contribution >= 0.6 is 11.3 Å². The SMILES string of the molecule is Cc1nc(S(=O)(=O)N2CCC(C(=O)Nc3ccc4nc(-c5cccs5)[nH]c4c3)CC2)cn1C. The van der Waals surface area contributed by atoms with Crippen LogP contribution in [-0.2, 0) is 21.9 Å². The summed E-state index contributed by atoms with van der Waals surface area (Å²) in [6.07, 6.45) is 2.45. The van der Waals surface area contributed by atoms with Gasteiger partial charge in [-0.3, -0.25) is 4.79 Å². The number of hydrogen-bond acceptors (Lipinski definition) is 6. The van der Waals surface area contributed by atoms with Crippen molar-refractivity contribution >= 4 is 44.0 Å². The molecule has 0 radical (unpaired) electrons. The zero-order chi connectivity index (χ0) is 23.2. The number of nitrogens with one attached hydrogen (secondary N) is 2. The number of anilines is 1. The van der Waals surface area contributed by atoms with Crippen LogP contribution in [0.25, 0.3) is 21.7 Å². The number of amides is 1. The molecule has 1 saturated heterocycles. The highest BCUT2D eigenvalue weighted by Gasteiger charge is 2.33. The summed E-state index contributed by atoms with van der Waals surface area (Å²) in [5.41, 5.74) is 2.37. The summed E-state index contributed by atoms with van der Waals surface area (Å²) < 4.78 is 28.9. The van der Waals surface area contributed by atoms with Gasteiger partial charge >= 0.3 is 0 Å². The minimum atomic E-state index is -3.65. The third kappa shape index (κ3) is 4.19. The van der Waals surface area contributed by atoms with Crippen molar-refractivity contribution < 1.29 is 13.2 Å². The molecule has 9 nitrogen and oxygen atoms in total. The lowest BCUT2D eigenvalue weighted by Gasteiger charge is -2.29. The Kier molecular flexibility index (Phi) is 5.55. The smallest absolute Gasteiger partial charge is 0.262 e. The molecule has 172 valence electrons. The van der Waals surface area contributed by atoms with Gasteiger partial charge < -0.3 is 14.9 Å². The molecule has 0 saturated carbocycles. The molecule has 2 N–H and O–H groups in total. The van der Waals surface area contributed by atoms with E-state index in [1.54, 1.807) is 29.9 Å². The van der Waals surface area contributed by atoms with Gasteiger partial charge in [-0.15, -0.1) is 11.3 Å². The first-order valence-electron chi connectivity index (χ1n) is 10.7. The van der Waals surface area contributed by atoms with Gasteiger partial charge in [0.1, 0.15) is 11.6 Å². The van der Waals surface area contributed by atoms with Crippen molar-refractivity contribution in [3.8, 4) is 10.7 Å². The molecule has 1 aliphatic rings. The lowest BCUT2D eigenvalue weighted by molar-refractivity contribution is -0.120. The number of rotatable bonds is 5. The Bertz CT molecular complexity index is 1390. The van der Waals surface area contributed by atoms with Gasteiger partial charge in [0.25, 0.3) is 10.0 Å². The number of nitrogens with zero attached hydrogens (tertiary/aromatic N) is 4. The van der Waals surface area contributed by atoms with Gasteiger partial charge in [-0.25, -0.2) is 18.4 Å². The molecule has 11 heteroatoms. The second kappa shape index (κ2) is 8.40. The number of aryl methyl sites for hydroxylation is 2. The largest absolute Gasteiger partial charge is 0.337 e. The van der Waals surface area contributed by atoms with Gasteiger partial charge in [-0.2, -0.15) is 4.31 Å². The van der Waals surface area contributed by atoms with Crippen molar-refractivity contribution in [1.82, 2.24) is 23.8 Å². The van der Waals surface area contributed by atoms with E-state index in [-0.39, 0.29) is 16.9 Å². The molecule has 3 aromatic heterocycles. The molecule has 0 bridgehead atoms. The van der Waals surface area contributed by atoms with E-state index in [0.29, 0.717) is 37.4 Å². The molecule has 1 aliphatic heterocycles. The predicted molar refractivity (Wildman–Crippen MR) is 127 cm³/mol. The second-order valence-corrected chi connectivity index (χ2v) is 11.0. The molecule has 5 rings (SSSR count). The van der Waals surface area contributed by atoms with Gasteiger partial charge in [-0.05, 0) is 49.4 Å². The molecule has 4 heterocycles. The predicted octanol–water partition coefficient (Wildman–Crippen LogP) is 3.37. The quantitative estimate of drug-likeness (QED) is 0.451. The minimum absolute atomic E-state index is 0.0557. The number of hydrogen-bond donors (Lipinski definition) is 2. The summed E-state index contributed by atoms with van der Waals surface area (Å²) in [4.78, 5) is 26.0. The van der Waals surface area contributed by atoms with E-state index in [1.807, 2.05) is 35.7 Å². The van der Waals surface area contributed by atoms with Crippen molar-refractivity contribution in [2.45, 2.75) is 24.8 Å². The Hall–Kier alpha value is -3.02. The maximum Gasteiger partial charge on any atom is 0.262 e. The fourth-order valence-corrected chi connectivity index (χ4v) is 6.17. The van der Waals surface area contributed by atoms with E-state index >= 15 is 0 Å². The third-order valence-corrected chi connectivity index (χ3v) is 8.67. The molecule has 4 aromatic rings. The summed E-state index contributed by atoms with van der Waals surface area (Å²) >= 11 is 1.61. The topological polar surface area (TPSA) is 113 Å². The van der Waals surface area contributed by atoms with Crippen molar-refractivity contribution in [2.24, 2.45) is 13.0 Å². The van der Waals surface area contributed by atoms with Gasteiger partial charge in [0.2, 0.25) is 5.91 Å². The standard InChI is InChI=1S/C22H24N6O3S2/c1-14-23-20(13-27(14)2)33(30,31)28-9-7-15(8-10-28)22(29)24-16-5-6-17-18(12-16)26-21(25-17)19-4-3-11-32-19/h3-6,11-13,15H,7-10H2,1-2H3,(H,24,29)(H,25,26). The van der Waals surface area contributed by atoms with Crippen molar-refractivity contribution in [3.63, 3.8) is 0 Å². The van der Waals surface area contributed by atoms with Gasteiger partial charge in [0.15, 0.2) is 5.03 Å². The number of piperidine rings is 1. The number of aromatic nitrogens is 4. The molecular formula is C22H24N6O3S2. The summed E-state index contributed by atoms with van der Waals surface area (Å²) in [6.45, 7) is 2.35. The molecular weight excluding hydrogens is 460 g/mol. The van der Waals surface area contributed by atoms with Gasteiger partial charge in [-0.1, -0.05) is 6.07 Å². The van der Waals surface area contributed by atoms with E-state index in [1.165, 1.54) is 10.5 Å². The fourth-order valence-electron chi connectivity index (χ4n) is 4.00. The van der Waals surface area contributed by atoms with E-state index < -0.39 is 10.0 Å². The van der Waals surface area contributed by atoms with E-state index in [9.17, 15) is 13.2 Å². The summed E-state index contributed by atoms with van der Waals surface area (Å²) in [5, 5.41) is 5.03. The third-order valence-electron chi connectivity index (χ3n) is 6.02. The van der Waals surface area contributed by atoms with Crippen LogP contribution in [0, 0.1) is 12.8 Å². The van der Waals surface area contributed by atoms with Gasteiger partial charge in [0.05, 0.1) is 15.9 Å². The molecule has 1 fully saturated rings. The molecule has 33 heavy (non-hydrogen) atoms. The lowest BCUT2D eigenvalue weighted by Crippen LogP contribution is -2.41. The summed E-state index contributed by atoms with van der Waals surface area (Å²) in [7, 11) is -1.89. The zero-order valence-electron chi connectivity index (χ0n) is 18.3. The summed E-state index contributed by atoms with van der Waals surface area (Å²) in [5.74, 6) is 1.10. The van der Waals surface area contributed by atoms with Crippen molar-refractivity contribution in [3.05, 3.63) is 47.7 Å². The lowest BCUT2D eigenvalue weighted by atomic mass is 9.97. The zero-order valence-corrected chi connectivity index (χ0v) is 19.9. The van der Waals surface area contributed by atoms with Crippen LogP contribution in [0.2, 0.25) is 0 Å². The number of benzene rings is 1. The number of H-pyrrole nitrogens is 1. The number of carbonyl (C=O) groups is 1. The van der Waals surface area contributed by atoms with Crippen LogP contribution in [0.1, 0.15) is 18.7 Å². The number of carbonyl (C=O) groups excluding carboxylic acids is 1. The van der Waals surface area contributed by atoms with Crippen LogP contribution in [0.15, 0.2) is 46.9 Å². The van der Waals surface area contributed by atoms with Crippen LogP contribution in [-0.4, -0.2) is 51.2 Å². The Morgan fingerprint density at radius 2 is 2.00 bits per heavy atom. The highest BCUT2D eigenvalue weighted by atomic mass is 32.2. The molecule has 0 atom stereocenters. The van der Waals surface area contributed by atoms with E-state index in [4.69, 9.17) is 0 Å². The number of aromatic amines is 1. The first-order valence-corrected chi connectivity index (χ1v) is 13.0. The summed E-state index contributed by atoms with van der Waals surface area (Å²) in [6, 6.07) is 9.57. The molecule has 0 spiro atoms. The van der Waals surface area contributed by atoms with Crippen LogP contribution < -0.4 is 5.32 Å². The molecule has 1 amide bonds. The molecule has 0 unspecified atom stereocenters.